The lowest BCUT2D eigenvalue weighted by atomic mass is 10.1. The Labute approximate surface area is 120 Å². The minimum absolute atomic E-state index is 0.182. The van der Waals surface area contributed by atoms with Crippen LogP contribution >= 0.6 is 11.3 Å². The van der Waals surface area contributed by atoms with E-state index in [-0.39, 0.29) is 11.7 Å². The van der Waals surface area contributed by atoms with Gasteiger partial charge in [0, 0.05) is 11.6 Å². The maximum atomic E-state index is 11.8. The molecule has 0 aliphatic heterocycles. The number of aromatic nitrogens is 1. The van der Waals surface area contributed by atoms with E-state index < -0.39 is 5.60 Å². The highest BCUT2D eigenvalue weighted by Crippen LogP contribution is 2.09. The molecule has 1 amide bonds. The molecule has 0 unspecified atom stereocenters. The Kier molecular flexibility index (Phi) is 4.23. The summed E-state index contributed by atoms with van der Waals surface area (Å²) in [4.78, 5) is 15.9. The van der Waals surface area contributed by atoms with E-state index in [1.807, 2.05) is 5.38 Å². The van der Waals surface area contributed by atoms with Crippen molar-refractivity contribution in [3.8, 4) is 11.8 Å². The first-order valence-electron chi connectivity index (χ1n) is 5.96. The van der Waals surface area contributed by atoms with Crippen LogP contribution in [0.3, 0.4) is 0 Å². The predicted molar refractivity (Wildman–Crippen MR) is 75.2 cm³/mol. The van der Waals surface area contributed by atoms with E-state index in [9.17, 15) is 9.90 Å². The Bertz CT molecular complexity index is 642. The van der Waals surface area contributed by atoms with Crippen LogP contribution in [0.2, 0.25) is 0 Å². The second-order valence-electron chi connectivity index (χ2n) is 4.58. The Hall–Kier alpha value is -2.10. The number of amides is 1. The van der Waals surface area contributed by atoms with Crippen molar-refractivity contribution in [1.82, 2.24) is 10.3 Å². The molecule has 6 heteroatoms. The molecule has 0 bridgehead atoms. The number of carbonyl (C=O) groups excluding carboxylic acids is 1. The molecule has 0 aliphatic carbocycles. The quantitative estimate of drug-likeness (QED) is 0.845. The Morgan fingerprint density at radius 3 is 3.00 bits per heavy atom. The number of nitrogens with one attached hydrogen (secondary N) is 1. The van der Waals surface area contributed by atoms with Crippen LogP contribution in [0.1, 0.15) is 35.2 Å². The van der Waals surface area contributed by atoms with Crippen LogP contribution in [-0.4, -0.2) is 21.6 Å². The van der Waals surface area contributed by atoms with E-state index >= 15 is 0 Å². The van der Waals surface area contributed by atoms with Crippen molar-refractivity contribution in [3.63, 3.8) is 0 Å². The van der Waals surface area contributed by atoms with Crippen molar-refractivity contribution < 1.29 is 14.3 Å². The maximum Gasteiger partial charge on any atom is 0.287 e. The summed E-state index contributed by atoms with van der Waals surface area (Å²) in [7, 11) is 0. The maximum absolute atomic E-state index is 11.8. The first-order chi connectivity index (χ1) is 9.44. The van der Waals surface area contributed by atoms with Crippen molar-refractivity contribution in [2.75, 3.05) is 0 Å². The lowest BCUT2D eigenvalue weighted by molar-refractivity contribution is 0.0922. The van der Waals surface area contributed by atoms with Crippen LogP contribution in [0, 0.1) is 11.8 Å². The topological polar surface area (TPSA) is 75.4 Å². The number of thiazole rings is 1. The Balaban J connectivity index is 1.97. The summed E-state index contributed by atoms with van der Waals surface area (Å²) in [6.45, 7) is 3.51. The highest BCUT2D eigenvalue weighted by atomic mass is 32.1. The van der Waals surface area contributed by atoms with Gasteiger partial charge in [-0.1, -0.05) is 5.92 Å². The van der Waals surface area contributed by atoms with Crippen LogP contribution in [0.25, 0.3) is 0 Å². The summed E-state index contributed by atoms with van der Waals surface area (Å²) in [6, 6.07) is 3.14. The third-order valence-electron chi connectivity index (χ3n) is 2.21. The molecule has 0 spiro atoms. The first-order valence-corrected chi connectivity index (χ1v) is 6.84. The predicted octanol–water partition coefficient (Wildman–Crippen LogP) is 1.79. The molecular formula is C14H14N2O3S. The van der Waals surface area contributed by atoms with Gasteiger partial charge < -0.3 is 14.8 Å². The lowest BCUT2D eigenvalue weighted by Crippen LogP contribution is -2.22. The fraction of sp³-hybridized carbons (Fsp3) is 0.286. The van der Waals surface area contributed by atoms with Gasteiger partial charge in [-0.3, -0.25) is 4.79 Å². The molecule has 20 heavy (non-hydrogen) atoms. The summed E-state index contributed by atoms with van der Waals surface area (Å²) in [5.41, 5.74) is -1.10. The monoisotopic (exact) mass is 290 g/mol. The minimum atomic E-state index is -1.10. The van der Waals surface area contributed by atoms with E-state index in [2.05, 4.69) is 22.1 Å². The summed E-state index contributed by atoms with van der Waals surface area (Å²) in [5, 5.41) is 14.9. The number of nitrogens with zero attached hydrogens (tertiary/aromatic N) is 1. The highest BCUT2D eigenvalue weighted by molar-refractivity contribution is 7.09. The molecule has 0 aromatic carbocycles. The number of hydrogen-bond donors (Lipinski definition) is 2. The molecule has 2 rings (SSSR count). The van der Waals surface area contributed by atoms with Gasteiger partial charge in [-0.25, -0.2) is 4.98 Å². The molecule has 0 aliphatic rings. The Morgan fingerprint density at radius 2 is 2.35 bits per heavy atom. The van der Waals surface area contributed by atoms with E-state index in [1.165, 1.54) is 11.3 Å². The molecule has 104 valence electrons. The molecule has 2 aromatic heterocycles. The molecule has 2 heterocycles. The normalized spacial score (nSPS) is 10.8. The zero-order valence-corrected chi connectivity index (χ0v) is 12.0. The molecule has 0 saturated carbocycles. The van der Waals surface area contributed by atoms with E-state index in [0.717, 1.165) is 5.01 Å². The fourth-order valence-corrected chi connectivity index (χ4v) is 1.88. The number of rotatable bonds is 3. The van der Waals surface area contributed by atoms with Gasteiger partial charge in [0.2, 0.25) is 0 Å². The van der Waals surface area contributed by atoms with Gasteiger partial charge in [0.05, 0.1) is 6.54 Å². The van der Waals surface area contributed by atoms with Gasteiger partial charge in [-0.15, -0.1) is 11.3 Å². The second kappa shape index (κ2) is 5.90. The third kappa shape index (κ3) is 4.23. The standard InChI is InChI=1S/C14H14N2O3S/c1-14(2,18)6-5-10-3-4-11(19-10)13(17)16-9-12-15-7-8-20-12/h3-4,7-8,18H,9H2,1-2H3,(H,16,17). The first kappa shape index (κ1) is 14.3. The molecule has 2 aromatic rings. The van der Waals surface area contributed by atoms with Gasteiger partial charge in [0.15, 0.2) is 11.5 Å². The summed E-state index contributed by atoms with van der Waals surface area (Å²) < 4.78 is 5.30. The fourth-order valence-electron chi connectivity index (χ4n) is 1.32. The molecule has 0 fully saturated rings. The molecular weight excluding hydrogens is 276 g/mol. The number of hydrogen-bond acceptors (Lipinski definition) is 5. The molecule has 2 N–H and O–H groups in total. The van der Waals surface area contributed by atoms with Gasteiger partial charge in [0.1, 0.15) is 10.6 Å². The van der Waals surface area contributed by atoms with Crippen molar-refractivity contribution >= 4 is 17.2 Å². The van der Waals surface area contributed by atoms with Crippen LogP contribution in [0.4, 0.5) is 0 Å². The molecule has 5 nitrogen and oxygen atoms in total. The largest absolute Gasteiger partial charge is 0.443 e. The van der Waals surface area contributed by atoms with Gasteiger partial charge in [0.25, 0.3) is 5.91 Å². The van der Waals surface area contributed by atoms with Gasteiger partial charge in [-0.2, -0.15) is 0 Å². The number of aliphatic hydroxyl groups is 1. The van der Waals surface area contributed by atoms with Crippen LogP contribution in [0.15, 0.2) is 28.1 Å². The minimum Gasteiger partial charge on any atom is -0.443 e. The number of carbonyl (C=O) groups is 1. The summed E-state index contributed by atoms with van der Waals surface area (Å²) in [5.74, 6) is 5.49. The van der Waals surface area contributed by atoms with Crippen molar-refractivity contribution in [2.24, 2.45) is 0 Å². The van der Waals surface area contributed by atoms with Crippen molar-refractivity contribution in [3.05, 3.63) is 40.2 Å². The summed E-state index contributed by atoms with van der Waals surface area (Å²) in [6.07, 6.45) is 1.68. The summed E-state index contributed by atoms with van der Waals surface area (Å²) >= 11 is 1.47. The van der Waals surface area contributed by atoms with E-state index in [4.69, 9.17) is 4.42 Å². The molecule has 0 saturated heterocycles. The van der Waals surface area contributed by atoms with E-state index in [0.29, 0.717) is 12.3 Å². The lowest BCUT2D eigenvalue weighted by Gasteiger charge is -2.05. The zero-order valence-electron chi connectivity index (χ0n) is 11.1. The Morgan fingerprint density at radius 1 is 1.55 bits per heavy atom. The van der Waals surface area contributed by atoms with Crippen LogP contribution in [-0.2, 0) is 6.54 Å². The third-order valence-corrected chi connectivity index (χ3v) is 2.98. The van der Waals surface area contributed by atoms with Gasteiger partial charge >= 0.3 is 0 Å². The second-order valence-corrected chi connectivity index (χ2v) is 5.56. The van der Waals surface area contributed by atoms with Gasteiger partial charge in [-0.05, 0) is 31.9 Å². The average molecular weight is 290 g/mol. The van der Waals surface area contributed by atoms with Crippen molar-refractivity contribution in [1.29, 1.82) is 0 Å². The SMILES string of the molecule is CC(C)(O)C#Cc1ccc(C(=O)NCc2nccs2)o1. The zero-order chi connectivity index (χ0) is 14.6. The van der Waals surface area contributed by atoms with Crippen LogP contribution in [0.5, 0.6) is 0 Å². The highest BCUT2D eigenvalue weighted by Gasteiger charge is 2.11. The number of furan rings is 1. The van der Waals surface area contributed by atoms with Crippen LogP contribution < -0.4 is 5.32 Å². The molecule has 0 radical (unpaired) electrons. The smallest absolute Gasteiger partial charge is 0.287 e. The molecule has 0 atom stereocenters. The average Bonchev–Trinajstić information content (AvgIpc) is 3.04. The van der Waals surface area contributed by atoms with E-state index in [1.54, 1.807) is 32.2 Å². The van der Waals surface area contributed by atoms with Crippen molar-refractivity contribution in [2.45, 2.75) is 26.0 Å².